The molecule has 0 aromatic rings. The van der Waals surface area contributed by atoms with E-state index in [9.17, 15) is 4.79 Å². The van der Waals surface area contributed by atoms with Gasteiger partial charge < -0.3 is 10.0 Å². The van der Waals surface area contributed by atoms with Crippen molar-refractivity contribution in [3.63, 3.8) is 0 Å². The second-order valence-electron chi connectivity index (χ2n) is 5.18. The van der Waals surface area contributed by atoms with Crippen molar-refractivity contribution in [2.24, 2.45) is 5.92 Å². The van der Waals surface area contributed by atoms with Gasteiger partial charge in [-0.2, -0.15) is 0 Å². The maximum Gasteiger partial charge on any atom is 0.223 e. The molecule has 3 heteroatoms. The Balaban J connectivity index is 2.09. The molecule has 2 fully saturated rings. The molecule has 1 amide bonds. The van der Waals surface area contributed by atoms with E-state index >= 15 is 0 Å². The molecule has 1 N–H and O–H groups in total. The number of carbonyl (C=O) groups excluding carboxylic acids is 1. The Hall–Kier alpha value is -0.570. The van der Waals surface area contributed by atoms with E-state index < -0.39 is 0 Å². The van der Waals surface area contributed by atoms with Crippen LogP contribution in [0.2, 0.25) is 0 Å². The third-order valence-electron chi connectivity index (χ3n) is 4.21. The van der Waals surface area contributed by atoms with Gasteiger partial charge in [0, 0.05) is 18.5 Å². The molecule has 0 atom stereocenters. The first-order chi connectivity index (χ1) is 7.18. The summed E-state index contributed by atoms with van der Waals surface area (Å²) in [5, 5.41) is 9.02. The zero-order chi connectivity index (χ0) is 10.9. The topological polar surface area (TPSA) is 40.5 Å². The molecule has 2 aliphatic rings. The largest absolute Gasteiger partial charge is 0.395 e. The van der Waals surface area contributed by atoms with E-state index in [4.69, 9.17) is 5.11 Å². The van der Waals surface area contributed by atoms with Crippen molar-refractivity contribution in [3.8, 4) is 0 Å². The number of carbonyl (C=O) groups is 1. The summed E-state index contributed by atoms with van der Waals surface area (Å²) in [7, 11) is 0. The first-order valence-electron chi connectivity index (χ1n) is 6.09. The summed E-state index contributed by atoms with van der Waals surface area (Å²) in [6.45, 7) is 2.93. The molecule has 2 rings (SSSR count). The number of aliphatic hydroxyl groups is 1. The van der Waals surface area contributed by atoms with E-state index in [2.05, 4.69) is 6.92 Å². The zero-order valence-electron chi connectivity index (χ0n) is 9.54. The standard InChI is InChI=1S/C12H21NO2/c1-10-2-5-12(6-3-10)7-4-11(15)13(12)8-9-14/h10,14H,2-9H2,1H3/t10-,12+. The molecule has 1 spiro atoms. The van der Waals surface area contributed by atoms with Gasteiger partial charge in [0.2, 0.25) is 5.91 Å². The highest BCUT2D eigenvalue weighted by Gasteiger charge is 2.45. The van der Waals surface area contributed by atoms with E-state index in [0.29, 0.717) is 13.0 Å². The average molecular weight is 211 g/mol. The monoisotopic (exact) mass is 211 g/mol. The Morgan fingerprint density at radius 2 is 2.07 bits per heavy atom. The number of likely N-dealkylation sites (tertiary alicyclic amines) is 1. The molecule has 1 aliphatic carbocycles. The Kier molecular flexibility index (Phi) is 3.01. The van der Waals surface area contributed by atoms with Crippen LogP contribution in [0, 0.1) is 5.92 Å². The summed E-state index contributed by atoms with van der Waals surface area (Å²) in [4.78, 5) is 13.7. The fraction of sp³-hybridized carbons (Fsp3) is 0.917. The van der Waals surface area contributed by atoms with Crippen LogP contribution in [-0.4, -0.2) is 34.6 Å². The Morgan fingerprint density at radius 3 is 2.67 bits per heavy atom. The number of rotatable bonds is 2. The van der Waals surface area contributed by atoms with Crippen LogP contribution in [0.1, 0.15) is 45.4 Å². The SMILES string of the molecule is C[C@H]1CC[C@]2(CCC(=O)N2CCO)CC1. The van der Waals surface area contributed by atoms with Crippen LogP contribution in [0.15, 0.2) is 0 Å². The predicted octanol–water partition coefficient (Wildman–Crippen LogP) is 1.55. The molecule has 0 aromatic carbocycles. The smallest absolute Gasteiger partial charge is 0.223 e. The molecule has 3 nitrogen and oxygen atoms in total. The van der Waals surface area contributed by atoms with Crippen molar-refractivity contribution >= 4 is 5.91 Å². The summed E-state index contributed by atoms with van der Waals surface area (Å²) in [6.07, 6.45) is 6.44. The molecule has 1 aliphatic heterocycles. The normalized spacial score (nSPS) is 36.5. The van der Waals surface area contributed by atoms with E-state index in [1.807, 2.05) is 4.90 Å². The Bertz CT molecular complexity index is 244. The van der Waals surface area contributed by atoms with Crippen molar-refractivity contribution < 1.29 is 9.90 Å². The third-order valence-corrected chi connectivity index (χ3v) is 4.21. The van der Waals surface area contributed by atoms with E-state index in [0.717, 1.165) is 25.2 Å². The van der Waals surface area contributed by atoms with Crippen LogP contribution in [0.25, 0.3) is 0 Å². The van der Waals surface area contributed by atoms with E-state index in [1.54, 1.807) is 0 Å². The first-order valence-corrected chi connectivity index (χ1v) is 6.09. The predicted molar refractivity (Wildman–Crippen MR) is 58.4 cm³/mol. The van der Waals surface area contributed by atoms with Crippen molar-refractivity contribution in [1.82, 2.24) is 4.90 Å². The summed E-state index contributed by atoms with van der Waals surface area (Å²) in [5.74, 6) is 1.06. The molecule has 1 heterocycles. The highest BCUT2D eigenvalue weighted by Crippen LogP contribution is 2.43. The number of nitrogens with zero attached hydrogens (tertiary/aromatic N) is 1. The first kappa shape index (κ1) is 10.9. The number of β-amino-alcohol motifs (C(OH)–C–C–N with tert-alkyl or cyclic N) is 1. The number of hydrogen-bond acceptors (Lipinski definition) is 2. The second-order valence-corrected chi connectivity index (χ2v) is 5.18. The molecule has 1 saturated carbocycles. The van der Waals surface area contributed by atoms with Crippen molar-refractivity contribution in [3.05, 3.63) is 0 Å². The fourth-order valence-electron chi connectivity index (χ4n) is 3.16. The van der Waals surface area contributed by atoms with Crippen molar-refractivity contribution in [2.75, 3.05) is 13.2 Å². The van der Waals surface area contributed by atoms with Crippen LogP contribution < -0.4 is 0 Å². The fourth-order valence-corrected chi connectivity index (χ4v) is 3.16. The van der Waals surface area contributed by atoms with E-state index in [-0.39, 0.29) is 18.1 Å². The highest BCUT2D eigenvalue weighted by molar-refractivity contribution is 5.79. The Morgan fingerprint density at radius 1 is 1.40 bits per heavy atom. The molecule has 1 saturated heterocycles. The summed E-state index contributed by atoms with van der Waals surface area (Å²) in [6, 6.07) is 0. The lowest BCUT2D eigenvalue weighted by atomic mass is 9.75. The maximum atomic E-state index is 11.7. The average Bonchev–Trinajstić information content (AvgIpc) is 2.53. The maximum absolute atomic E-state index is 11.7. The van der Waals surface area contributed by atoms with Gasteiger partial charge in [-0.1, -0.05) is 6.92 Å². The summed E-state index contributed by atoms with van der Waals surface area (Å²) in [5.41, 5.74) is 0.117. The number of aliphatic hydroxyl groups excluding tert-OH is 1. The van der Waals surface area contributed by atoms with Crippen LogP contribution in [0.5, 0.6) is 0 Å². The molecule has 0 aromatic heterocycles. The molecule has 86 valence electrons. The minimum absolute atomic E-state index is 0.100. The van der Waals surface area contributed by atoms with Gasteiger partial charge in [-0.05, 0) is 38.0 Å². The quantitative estimate of drug-likeness (QED) is 0.753. The van der Waals surface area contributed by atoms with Gasteiger partial charge in [-0.25, -0.2) is 0 Å². The Labute approximate surface area is 91.5 Å². The van der Waals surface area contributed by atoms with Gasteiger partial charge in [-0.15, -0.1) is 0 Å². The minimum Gasteiger partial charge on any atom is -0.395 e. The van der Waals surface area contributed by atoms with E-state index in [1.165, 1.54) is 12.8 Å². The van der Waals surface area contributed by atoms with Crippen LogP contribution in [0.4, 0.5) is 0 Å². The van der Waals surface area contributed by atoms with Gasteiger partial charge in [0.25, 0.3) is 0 Å². The summed E-state index contributed by atoms with van der Waals surface area (Å²) < 4.78 is 0. The van der Waals surface area contributed by atoms with Crippen LogP contribution in [0.3, 0.4) is 0 Å². The van der Waals surface area contributed by atoms with Crippen LogP contribution >= 0.6 is 0 Å². The molecule has 0 radical (unpaired) electrons. The molecule has 0 bridgehead atoms. The number of hydrogen-bond donors (Lipinski definition) is 1. The third kappa shape index (κ3) is 1.89. The summed E-state index contributed by atoms with van der Waals surface area (Å²) >= 11 is 0. The van der Waals surface area contributed by atoms with Gasteiger partial charge in [0.05, 0.1) is 6.61 Å². The van der Waals surface area contributed by atoms with Gasteiger partial charge in [0.1, 0.15) is 0 Å². The zero-order valence-corrected chi connectivity index (χ0v) is 9.54. The van der Waals surface area contributed by atoms with Gasteiger partial charge in [0.15, 0.2) is 0 Å². The molecular weight excluding hydrogens is 190 g/mol. The highest BCUT2D eigenvalue weighted by atomic mass is 16.3. The minimum atomic E-state index is 0.100. The van der Waals surface area contributed by atoms with Crippen molar-refractivity contribution in [2.45, 2.75) is 51.0 Å². The lowest BCUT2D eigenvalue weighted by Gasteiger charge is -2.43. The van der Waals surface area contributed by atoms with Gasteiger partial charge in [-0.3, -0.25) is 4.79 Å². The second kappa shape index (κ2) is 4.12. The van der Waals surface area contributed by atoms with Gasteiger partial charge >= 0.3 is 0 Å². The lowest BCUT2D eigenvalue weighted by Crippen LogP contribution is -2.49. The number of amides is 1. The lowest BCUT2D eigenvalue weighted by molar-refractivity contribution is -0.133. The molecule has 15 heavy (non-hydrogen) atoms. The van der Waals surface area contributed by atoms with Crippen LogP contribution in [-0.2, 0) is 4.79 Å². The molecular formula is C12H21NO2. The van der Waals surface area contributed by atoms with Crippen molar-refractivity contribution in [1.29, 1.82) is 0 Å². The molecule has 0 unspecified atom stereocenters.